The van der Waals surface area contributed by atoms with E-state index < -0.39 is 35.8 Å². The number of hydrogen-bond donors (Lipinski definition) is 2. The predicted octanol–water partition coefficient (Wildman–Crippen LogP) is 0.801. The van der Waals surface area contributed by atoms with Crippen LogP contribution in [0.25, 0.3) is 0 Å². The van der Waals surface area contributed by atoms with E-state index in [1.807, 2.05) is 0 Å². The van der Waals surface area contributed by atoms with Gasteiger partial charge in [0.25, 0.3) is 0 Å². The fourth-order valence-electron chi connectivity index (χ4n) is 2.98. The smallest absolute Gasteiger partial charge is 0.351 e. The van der Waals surface area contributed by atoms with Crippen molar-refractivity contribution in [2.75, 3.05) is 25.7 Å². The lowest BCUT2D eigenvalue weighted by Gasteiger charge is -2.32. The second kappa shape index (κ2) is 8.77. The van der Waals surface area contributed by atoms with Crippen LogP contribution in [0.1, 0.15) is 33.4 Å². The summed E-state index contributed by atoms with van der Waals surface area (Å²) in [5.74, 6) is -0.423. The highest BCUT2D eigenvalue weighted by Gasteiger charge is 2.57. The third-order valence-corrected chi connectivity index (χ3v) is 4.60. The van der Waals surface area contributed by atoms with Crippen molar-refractivity contribution in [1.29, 1.82) is 0 Å². The van der Waals surface area contributed by atoms with Gasteiger partial charge < -0.3 is 25.3 Å². The second-order valence-electron chi connectivity index (χ2n) is 6.64. The molecular weight excluding hydrogens is 359 g/mol. The van der Waals surface area contributed by atoms with E-state index in [1.165, 1.54) is 12.3 Å². The van der Waals surface area contributed by atoms with Crippen molar-refractivity contribution < 1.29 is 23.4 Å². The highest BCUT2D eigenvalue weighted by atomic mass is 19.1. The molecule has 27 heavy (non-hydrogen) atoms. The van der Waals surface area contributed by atoms with Crippen LogP contribution in [0.4, 0.5) is 10.2 Å². The van der Waals surface area contributed by atoms with E-state index in [1.54, 1.807) is 27.8 Å². The lowest BCUT2D eigenvalue weighted by atomic mass is 9.93. The van der Waals surface area contributed by atoms with Crippen LogP contribution >= 0.6 is 0 Å². The largest absolute Gasteiger partial charge is 0.462 e. The van der Waals surface area contributed by atoms with Crippen LogP contribution in [0, 0.1) is 5.92 Å². The average molecular weight is 386 g/mol. The monoisotopic (exact) mass is 386 g/mol. The molecule has 0 aliphatic carbocycles. The van der Waals surface area contributed by atoms with Crippen molar-refractivity contribution in [1.82, 2.24) is 9.55 Å². The zero-order valence-corrected chi connectivity index (χ0v) is 16.0. The van der Waals surface area contributed by atoms with Crippen molar-refractivity contribution in [3.05, 3.63) is 22.7 Å². The molecule has 1 fully saturated rings. The highest BCUT2D eigenvalue weighted by molar-refractivity contribution is 5.71. The van der Waals surface area contributed by atoms with Crippen molar-refractivity contribution in [3.8, 4) is 0 Å². The first-order valence-electron chi connectivity index (χ1n) is 8.86. The molecule has 4 atom stereocenters. The predicted molar refractivity (Wildman–Crippen MR) is 95.8 cm³/mol. The molecule has 0 unspecified atom stereocenters. The number of nitrogens with zero attached hydrogens (tertiary/aromatic N) is 2. The van der Waals surface area contributed by atoms with Crippen molar-refractivity contribution in [2.24, 2.45) is 11.7 Å². The number of anilines is 1. The number of hydrogen-bond acceptors (Lipinski definition) is 8. The van der Waals surface area contributed by atoms with Crippen LogP contribution in [0.5, 0.6) is 0 Å². The first kappa shape index (κ1) is 21.3. The van der Waals surface area contributed by atoms with Crippen molar-refractivity contribution >= 4 is 11.8 Å². The molecule has 9 nitrogen and oxygen atoms in total. The summed E-state index contributed by atoms with van der Waals surface area (Å²) in [6, 6.07) is 1.53. The summed E-state index contributed by atoms with van der Waals surface area (Å²) in [7, 11) is 1.62. The van der Waals surface area contributed by atoms with Crippen LogP contribution in [0.15, 0.2) is 17.1 Å². The van der Waals surface area contributed by atoms with Gasteiger partial charge >= 0.3 is 11.7 Å². The van der Waals surface area contributed by atoms with Gasteiger partial charge in [0, 0.05) is 13.2 Å². The molecule has 10 heteroatoms. The number of esters is 1. The zero-order chi connectivity index (χ0) is 20.2. The van der Waals surface area contributed by atoms with Crippen LogP contribution < -0.4 is 16.7 Å². The molecule has 152 valence electrons. The number of alkyl halides is 1. The molecule has 0 radical (unpaired) electrons. The lowest BCUT2D eigenvalue weighted by molar-refractivity contribution is -0.174. The van der Waals surface area contributed by atoms with Gasteiger partial charge in [-0.3, -0.25) is 9.36 Å². The Kier molecular flexibility index (Phi) is 6.90. The maximum absolute atomic E-state index is 15.2. The summed E-state index contributed by atoms with van der Waals surface area (Å²) < 4.78 is 32.9. The minimum absolute atomic E-state index is 0.209. The number of aromatic nitrogens is 2. The summed E-state index contributed by atoms with van der Waals surface area (Å²) in [5, 5.41) is 2.74. The summed E-state index contributed by atoms with van der Waals surface area (Å²) in [6.07, 6.45) is -2.40. The van der Waals surface area contributed by atoms with Gasteiger partial charge in [0.2, 0.25) is 0 Å². The number of halogens is 1. The van der Waals surface area contributed by atoms with Gasteiger partial charge in [0.15, 0.2) is 12.4 Å². The quantitative estimate of drug-likeness (QED) is 0.498. The van der Waals surface area contributed by atoms with Crippen LogP contribution in [0.2, 0.25) is 0 Å². The topological polar surface area (TPSA) is 118 Å². The fourth-order valence-corrected chi connectivity index (χ4v) is 2.98. The Labute approximate surface area is 157 Å². The molecule has 1 aromatic heterocycles. The van der Waals surface area contributed by atoms with Gasteiger partial charge in [0.1, 0.15) is 24.1 Å². The molecule has 3 N–H and O–H groups in total. The Bertz CT molecular complexity index is 713. The van der Waals surface area contributed by atoms with Gasteiger partial charge in [-0.1, -0.05) is 20.8 Å². The van der Waals surface area contributed by atoms with Gasteiger partial charge in [-0.2, -0.15) is 4.98 Å². The molecule has 2 rings (SSSR count). The molecule has 0 spiro atoms. The molecule has 1 aliphatic rings. The average Bonchev–Trinajstić information content (AvgIpc) is 2.92. The van der Waals surface area contributed by atoms with Gasteiger partial charge in [-0.15, -0.1) is 0 Å². The molecule has 0 amide bonds. The number of rotatable bonds is 8. The van der Waals surface area contributed by atoms with E-state index in [0.717, 1.165) is 4.57 Å². The van der Waals surface area contributed by atoms with Gasteiger partial charge in [-0.05, 0) is 12.5 Å². The fraction of sp³-hybridized carbons (Fsp3) is 0.706. The van der Waals surface area contributed by atoms with E-state index in [-0.39, 0.29) is 25.7 Å². The minimum atomic E-state index is -1.70. The van der Waals surface area contributed by atoms with E-state index in [9.17, 15) is 9.59 Å². The van der Waals surface area contributed by atoms with Gasteiger partial charge in [0.05, 0.1) is 12.6 Å². The number of nitrogens with two attached hydrogens (primary N) is 1. The zero-order valence-electron chi connectivity index (χ0n) is 16.0. The molecule has 1 aromatic rings. The Morgan fingerprint density at radius 2 is 2.26 bits per heavy atom. The summed E-state index contributed by atoms with van der Waals surface area (Å²) in [4.78, 5) is 27.9. The van der Waals surface area contributed by atoms with Crippen LogP contribution in [-0.4, -0.2) is 53.8 Å². The van der Waals surface area contributed by atoms with E-state index in [4.69, 9.17) is 19.9 Å². The van der Waals surface area contributed by atoms with Gasteiger partial charge in [-0.25, -0.2) is 9.18 Å². The molecule has 0 aromatic carbocycles. The Balaban J connectivity index is 2.34. The SMILES string of the molecule is CC[C@]1(COC(=O)C(C)C)O[C@@H](n2ccc(NC)nc2=O)[C@H](F)[C@@H]1OCN. The molecule has 0 saturated carbocycles. The first-order chi connectivity index (χ1) is 12.8. The van der Waals surface area contributed by atoms with E-state index in [0.29, 0.717) is 5.82 Å². The molecule has 0 bridgehead atoms. The number of ether oxygens (including phenoxy) is 3. The maximum Gasteiger partial charge on any atom is 0.351 e. The number of carbonyl (C=O) groups excluding carboxylic acids is 1. The van der Waals surface area contributed by atoms with Crippen LogP contribution in [-0.2, 0) is 19.0 Å². The Morgan fingerprint density at radius 1 is 1.56 bits per heavy atom. The van der Waals surface area contributed by atoms with Crippen molar-refractivity contribution in [3.63, 3.8) is 0 Å². The number of carbonyl (C=O) groups is 1. The number of nitrogens with one attached hydrogen (secondary N) is 1. The van der Waals surface area contributed by atoms with Crippen LogP contribution in [0.3, 0.4) is 0 Å². The summed E-state index contributed by atoms with van der Waals surface area (Å²) in [6.45, 7) is 4.70. The molecule has 1 aliphatic heterocycles. The van der Waals surface area contributed by atoms with E-state index >= 15 is 4.39 Å². The highest BCUT2D eigenvalue weighted by Crippen LogP contribution is 2.42. The lowest BCUT2D eigenvalue weighted by Crippen LogP contribution is -2.48. The summed E-state index contributed by atoms with van der Waals surface area (Å²) in [5.41, 5.74) is 3.52. The molecular formula is C17H27FN4O5. The van der Waals surface area contributed by atoms with E-state index in [2.05, 4.69) is 10.3 Å². The maximum atomic E-state index is 15.2. The van der Waals surface area contributed by atoms with Crippen molar-refractivity contribution in [2.45, 2.75) is 51.3 Å². The first-order valence-corrected chi connectivity index (χ1v) is 8.86. The normalized spacial score (nSPS) is 27.7. The second-order valence-corrected chi connectivity index (χ2v) is 6.64. The molecule has 1 saturated heterocycles. The molecule has 2 heterocycles. The summed E-state index contributed by atoms with van der Waals surface area (Å²) >= 11 is 0. The Hall–Kier alpha value is -2.04. The third kappa shape index (κ3) is 4.28. The Morgan fingerprint density at radius 3 is 2.78 bits per heavy atom. The third-order valence-electron chi connectivity index (χ3n) is 4.60. The minimum Gasteiger partial charge on any atom is -0.462 e. The standard InChI is InChI=1S/C17H27FN4O5/c1-5-17(8-25-15(23)10(2)3)13(26-9-19)12(18)14(27-17)22-7-6-11(20-4)21-16(22)24/h6-7,10,12-14H,5,8-9,19H2,1-4H3,(H,20,21,24)/t12-,13+,14-,17-/m1/s1.